The van der Waals surface area contributed by atoms with E-state index in [0.29, 0.717) is 12.4 Å². The first-order valence-electron chi connectivity index (χ1n) is 6.00. The van der Waals surface area contributed by atoms with E-state index in [2.05, 4.69) is 14.9 Å². The first-order valence-corrected chi connectivity index (χ1v) is 8.30. The molecule has 3 N–H and O–H groups in total. The van der Waals surface area contributed by atoms with Gasteiger partial charge in [-0.2, -0.15) is 0 Å². The van der Waals surface area contributed by atoms with E-state index in [-0.39, 0.29) is 4.21 Å². The molecule has 0 amide bonds. The van der Waals surface area contributed by atoms with Crippen LogP contribution in [-0.4, -0.2) is 23.2 Å². The topological polar surface area (TPSA) is 103 Å². The van der Waals surface area contributed by atoms with Gasteiger partial charge in [-0.3, -0.25) is 0 Å². The highest BCUT2D eigenvalue weighted by Gasteiger charge is 2.23. The molecule has 0 saturated heterocycles. The highest BCUT2D eigenvalue weighted by Crippen LogP contribution is 2.26. The fraction of sp³-hybridized carbons (Fsp3) is 0.455. The maximum atomic E-state index is 12.3. The number of hydrogen-bond donors (Lipinski definition) is 2. The molecule has 20 heavy (non-hydrogen) atoms. The Labute approximate surface area is 121 Å². The minimum absolute atomic E-state index is 0.268. The number of nitrogens with one attached hydrogen (secondary N) is 1. The Kier molecular flexibility index (Phi) is 4.23. The zero-order valence-corrected chi connectivity index (χ0v) is 13.1. The second kappa shape index (κ2) is 5.60. The average molecular weight is 315 g/mol. The van der Waals surface area contributed by atoms with Crippen molar-refractivity contribution in [2.75, 3.05) is 0 Å². The molecule has 0 fully saturated rings. The van der Waals surface area contributed by atoms with Gasteiger partial charge in [-0.05, 0) is 25.5 Å². The van der Waals surface area contributed by atoms with Crippen LogP contribution in [0, 0.1) is 6.92 Å². The minimum Gasteiger partial charge on any atom is -0.326 e. The van der Waals surface area contributed by atoms with E-state index in [4.69, 9.17) is 5.73 Å². The standard InChI is InChI=1S/C11H17N5O2S2/c1-7-4-10(19-9(7)5-12)20(17,18)15-8(2)11-14-13-6-16(11)3/h4,6,8,15H,5,12H2,1-3H3. The normalized spacial score (nSPS) is 13.6. The molecule has 0 bridgehead atoms. The lowest BCUT2D eigenvalue weighted by Gasteiger charge is -2.12. The summed E-state index contributed by atoms with van der Waals surface area (Å²) in [6.45, 7) is 3.92. The molecular formula is C11H17N5O2S2. The Morgan fingerprint density at radius 2 is 2.25 bits per heavy atom. The van der Waals surface area contributed by atoms with Gasteiger partial charge in [-0.15, -0.1) is 21.5 Å². The quantitative estimate of drug-likeness (QED) is 0.844. The van der Waals surface area contributed by atoms with Crippen LogP contribution in [0.25, 0.3) is 0 Å². The second-order valence-corrected chi connectivity index (χ2v) is 7.60. The molecule has 2 aromatic heterocycles. The van der Waals surface area contributed by atoms with Gasteiger partial charge in [-0.25, -0.2) is 13.1 Å². The zero-order chi connectivity index (χ0) is 14.9. The summed E-state index contributed by atoms with van der Waals surface area (Å²) in [4.78, 5) is 0.872. The fourth-order valence-electron chi connectivity index (χ4n) is 1.85. The second-order valence-electron chi connectivity index (χ2n) is 4.52. The summed E-state index contributed by atoms with van der Waals surface area (Å²) in [5.41, 5.74) is 6.47. The SMILES string of the molecule is Cc1cc(S(=O)(=O)NC(C)c2nncn2C)sc1CN. The van der Waals surface area contributed by atoms with Gasteiger partial charge in [0.05, 0.1) is 6.04 Å². The highest BCUT2D eigenvalue weighted by molar-refractivity contribution is 7.91. The maximum absolute atomic E-state index is 12.3. The third kappa shape index (κ3) is 2.90. The summed E-state index contributed by atoms with van der Waals surface area (Å²) < 4.78 is 29.2. The third-order valence-corrected chi connectivity index (χ3v) is 6.19. The van der Waals surface area contributed by atoms with Crippen LogP contribution in [0.2, 0.25) is 0 Å². The average Bonchev–Trinajstić information content (AvgIpc) is 2.94. The van der Waals surface area contributed by atoms with Crippen LogP contribution in [0.3, 0.4) is 0 Å². The maximum Gasteiger partial charge on any atom is 0.250 e. The molecule has 9 heteroatoms. The van der Waals surface area contributed by atoms with E-state index < -0.39 is 16.1 Å². The van der Waals surface area contributed by atoms with Crippen LogP contribution in [0.1, 0.15) is 29.2 Å². The van der Waals surface area contributed by atoms with Gasteiger partial charge in [0.2, 0.25) is 0 Å². The van der Waals surface area contributed by atoms with Crippen LogP contribution in [-0.2, 0) is 23.6 Å². The van der Waals surface area contributed by atoms with Gasteiger partial charge in [0.1, 0.15) is 16.4 Å². The number of hydrogen-bond acceptors (Lipinski definition) is 6. The molecule has 2 aromatic rings. The Morgan fingerprint density at radius 1 is 1.55 bits per heavy atom. The molecular weight excluding hydrogens is 298 g/mol. The molecule has 0 aliphatic rings. The van der Waals surface area contributed by atoms with E-state index in [1.54, 1.807) is 24.6 Å². The van der Waals surface area contributed by atoms with E-state index in [1.165, 1.54) is 17.7 Å². The van der Waals surface area contributed by atoms with E-state index in [1.807, 2.05) is 6.92 Å². The summed E-state index contributed by atoms with van der Waals surface area (Å²) in [5.74, 6) is 0.556. The molecule has 0 radical (unpaired) electrons. The van der Waals surface area contributed by atoms with Crippen molar-refractivity contribution in [1.82, 2.24) is 19.5 Å². The summed E-state index contributed by atoms with van der Waals surface area (Å²) >= 11 is 1.19. The highest BCUT2D eigenvalue weighted by atomic mass is 32.2. The molecule has 0 saturated carbocycles. The molecule has 2 heterocycles. The molecule has 0 aromatic carbocycles. The number of aryl methyl sites for hydroxylation is 2. The number of aromatic nitrogens is 3. The number of nitrogens with zero attached hydrogens (tertiary/aromatic N) is 3. The van der Waals surface area contributed by atoms with Gasteiger partial charge in [0.25, 0.3) is 10.0 Å². The van der Waals surface area contributed by atoms with Gasteiger partial charge in [0, 0.05) is 18.5 Å². The van der Waals surface area contributed by atoms with Crippen LogP contribution < -0.4 is 10.5 Å². The third-order valence-electron chi connectivity index (χ3n) is 2.91. The van der Waals surface area contributed by atoms with E-state index in [9.17, 15) is 8.42 Å². The zero-order valence-electron chi connectivity index (χ0n) is 11.5. The summed E-state index contributed by atoms with van der Waals surface area (Å²) in [5, 5.41) is 7.64. The predicted molar refractivity (Wildman–Crippen MR) is 76.7 cm³/mol. The van der Waals surface area contributed by atoms with Crippen molar-refractivity contribution >= 4 is 21.4 Å². The van der Waals surface area contributed by atoms with Crippen molar-refractivity contribution in [2.24, 2.45) is 12.8 Å². The van der Waals surface area contributed by atoms with Gasteiger partial charge in [-0.1, -0.05) is 0 Å². The van der Waals surface area contributed by atoms with Gasteiger partial charge >= 0.3 is 0 Å². The Balaban J connectivity index is 2.25. The van der Waals surface area contributed by atoms with Gasteiger partial charge in [0.15, 0.2) is 0 Å². The van der Waals surface area contributed by atoms with Crippen molar-refractivity contribution in [3.8, 4) is 0 Å². The molecule has 110 valence electrons. The molecule has 1 unspecified atom stereocenters. The molecule has 1 atom stereocenters. The van der Waals surface area contributed by atoms with Gasteiger partial charge < -0.3 is 10.3 Å². The number of nitrogens with two attached hydrogens (primary N) is 1. The van der Waals surface area contributed by atoms with Crippen molar-refractivity contribution < 1.29 is 8.42 Å². The monoisotopic (exact) mass is 315 g/mol. The molecule has 0 aliphatic carbocycles. The van der Waals surface area contributed by atoms with Crippen LogP contribution in [0.15, 0.2) is 16.6 Å². The summed E-state index contributed by atoms with van der Waals surface area (Å²) in [6, 6.07) is 1.18. The molecule has 0 spiro atoms. The molecule has 0 aliphatic heterocycles. The Hall–Kier alpha value is -1.29. The van der Waals surface area contributed by atoms with Crippen LogP contribution in [0.4, 0.5) is 0 Å². The van der Waals surface area contributed by atoms with Crippen LogP contribution >= 0.6 is 11.3 Å². The summed E-state index contributed by atoms with van der Waals surface area (Å²) in [6.07, 6.45) is 1.53. The first-order chi connectivity index (χ1) is 9.35. The van der Waals surface area contributed by atoms with Crippen molar-refractivity contribution in [1.29, 1.82) is 0 Å². The first kappa shape index (κ1) is 15.1. The van der Waals surface area contributed by atoms with Crippen molar-refractivity contribution in [3.63, 3.8) is 0 Å². The lowest BCUT2D eigenvalue weighted by Crippen LogP contribution is -2.28. The lowest BCUT2D eigenvalue weighted by atomic mass is 10.3. The largest absolute Gasteiger partial charge is 0.326 e. The Bertz CT molecular complexity index is 704. The van der Waals surface area contributed by atoms with E-state index in [0.717, 1.165) is 10.4 Å². The molecule has 2 rings (SSSR count). The van der Waals surface area contributed by atoms with Crippen molar-refractivity contribution in [2.45, 2.75) is 30.6 Å². The minimum atomic E-state index is -3.58. The number of rotatable bonds is 5. The van der Waals surface area contributed by atoms with E-state index >= 15 is 0 Å². The predicted octanol–water partition coefficient (Wildman–Crippen LogP) is 0.683. The Morgan fingerprint density at radius 3 is 2.75 bits per heavy atom. The number of sulfonamides is 1. The fourth-order valence-corrected chi connectivity index (χ4v) is 4.54. The van der Waals surface area contributed by atoms with Crippen LogP contribution in [0.5, 0.6) is 0 Å². The van der Waals surface area contributed by atoms with Crippen molar-refractivity contribution in [3.05, 3.63) is 28.7 Å². The lowest BCUT2D eigenvalue weighted by molar-refractivity contribution is 0.555. The number of thiophene rings is 1. The smallest absolute Gasteiger partial charge is 0.250 e. The molecule has 7 nitrogen and oxygen atoms in total. The summed E-state index contributed by atoms with van der Waals surface area (Å²) in [7, 11) is -1.82.